The number of alkyl halides is 2. The first kappa shape index (κ1) is 21.5. The van der Waals surface area contributed by atoms with Crippen LogP contribution in [0.25, 0.3) is 0 Å². The molecule has 1 aromatic carbocycles. The first-order chi connectivity index (χ1) is 14.2. The van der Waals surface area contributed by atoms with E-state index in [9.17, 15) is 18.4 Å². The highest BCUT2D eigenvalue weighted by Crippen LogP contribution is 2.33. The van der Waals surface area contributed by atoms with Gasteiger partial charge in [-0.15, -0.1) is 0 Å². The minimum Gasteiger partial charge on any atom is -0.486 e. The van der Waals surface area contributed by atoms with E-state index in [1.165, 1.54) is 25.4 Å². The van der Waals surface area contributed by atoms with Gasteiger partial charge in [0, 0.05) is 46.0 Å². The molecule has 3 rings (SSSR count). The second-order valence-corrected chi connectivity index (χ2v) is 6.97. The monoisotopic (exact) mass is 423 g/mol. The second kappa shape index (κ2) is 9.10. The van der Waals surface area contributed by atoms with Gasteiger partial charge in [0.25, 0.3) is 5.91 Å². The molecule has 1 aromatic heterocycles. The fourth-order valence-corrected chi connectivity index (χ4v) is 3.05. The molecule has 0 radical (unpaired) electrons. The van der Waals surface area contributed by atoms with Crippen molar-refractivity contribution in [2.75, 3.05) is 19.7 Å². The number of hydrogen-bond acceptors (Lipinski definition) is 6. The van der Waals surface area contributed by atoms with Crippen LogP contribution < -0.4 is 19.8 Å². The van der Waals surface area contributed by atoms with E-state index in [2.05, 4.69) is 9.84 Å². The number of nitrogens with zero attached hydrogens (tertiary/aromatic N) is 3. The zero-order chi connectivity index (χ0) is 21.7. The van der Waals surface area contributed by atoms with Crippen molar-refractivity contribution < 1.29 is 27.8 Å². The second-order valence-electron chi connectivity index (χ2n) is 6.97. The highest BCUT2D eigenvalue weighted by molar-refractivity contribution is 5.77. The molecule has 1 aliphatic heterocycles. The lowest BCUT2D eigenvalue weighted by Gasteiger charge is -2.32. The highest BCUT2D eigenvalue weighted by Gasteiger charge is 2.28. The molecule has 0 bridgehead atoms. The van der Waals surface area contributed by atoms with Gasteiger partial charge in [0.1, 0.15) is 6.10 Å². The molecule has 1 amide bonds. The largest absolute Gasteiger partial charge is 0.486 e. The standard InChI is InChI=1S/C20H23F2N3O5/c1-20(21,22)30-16-6-4-3-5-15(16)29-14-8-11-25(12-9-14)18(26)13-28-17-7-10-23-24(2)19(17)27/h3-7,10,14H,8-9,11-13H2,1-2H3. The summed E-state index contributed by atoms with van der Waals surface area (Å²) >= 11 is 0. The number of ether oxygens (including phenoxy) is 3. The molecule has 2 heterocycles. The summed E-state index contributed by atoms with van der Waals surface area (Å²) in [6.07, 6.45) is -1.08. The Balaban J connectivity index is 1.51. The van der Waals surface area contributed by atoms with Crippen LogP contribution in [0.2, 0.25) is 0 Å². The minimum absolute atomic E-state index is 0.0316. The van der Waals surface area contributed by atoms with Gasteiger partial charge in [0.2, 0.25) is 0 Å². The van der Waals surface area contributed by atoms with Crippen molar-refractivity contribution in [3.63, 3.8) is 0 Å². The van der Waals surface area contributed by atoms with Crippen LogP contribution >= 0.6 is 0 Å². The van der Waals surface area contributed by atoms with E-state index in [1.807, 2.05) is 0 Å². The van der Waals surface area contributed by atoms with Crippen molar-refractivity contribution in [1.29, 1.82) is 0 Å². The van der Waals surface area contributed by atoms with Gasteiger partial charge in [0.05, 0.1) is 6.20 Å². The number of halogens is 2. The smallest absolute Gasteiger partial charge is 0.395 e. The summed E-state index contributed by atoms with van der Waals surface area (Å²) in [5, 5.41) is 3.79. The number of para-hydroxylation sites is 2. The van der Waals surface area contributed by atoms with Gasteiger partial charge in [-0.2, -0.15) is 13.9 Å². The van der Waals surface area contributed by atoms with Gasteiger partial charge < -0.3 is 19.1 Å². The predicted molar refractivity (Wildman–Crippen MR) is 103 cm³/mol. The maximum absolute atomic E-state index is 13.2. The molecule has 0 saturated carbocycles. The SMILES string of the molecule is Cn1nccc(OCC(=O)N2CCC(Oc3ccccc3OC(C)(F)F)CC2)c1=O. The van der Waals surface area contributed by atoms with E-state index in [0.717, 1.165) is 4.68 Å². The van der Waals surface area contributed by atoms with Gasteiger partial charge in [-0.25, -0.2) is 4.68 Å². The van der Waals surface area contributed by atoms with Crippen molar-refractivity contribution in [3.8, 4) is 17.2 Å². The summed E-state index contributed by atoms with van der Waals surface area (Å²) in [7, 11) is 1.49. The molecule has 8 nitrogen and oxygen atoms in total. The lowest BCUT2D eigenvalue weighted by atomic mass is 10.1. The number of hydrogen-bond donors (Lipinski definition) is 0. The Morgan fingerprint density at radius 3 is 2.50 bits per heavy atom. The summed E-state index contributed by atoms with van der Waals surface area (Å²) in [5.41, 5.74) is -0.420. The molecular weight excluding hydrogens is 400 g/mol. The van der Waals surface area contributed by atoms with Crippen molar-refractivity contribution in [2.45, 2.75) is 32.0 Å². The Kier molecular flexibility index (Phi) is 6.53. The first-order valence-electron chi connectivity index (χ1n) is 9.48. The molecule has 10 heteroatoms. The predicted octanol–water partition coefficient (Wildman–Crippen LogP) is 2.22. The summed E-state index contributed by atoms with van der Waals surface area (Å²) in [6, 6.07) is 7.67. The van der Waals surface area contributed by atoms with Crippen LogP contribution in [0.3, 0.4) is 0 Å². The van der Waals surface area contributed by atoms with Crippen LogP contribution in [0.4, 0.5) is 8.78 Å². The van der Waals surface area contributed by atoms with Crippen molar-refractivity contribution in [1.82, 2.24) is 14.7 Å². The van der Waals surface area contributed by atoms with Gasteiger partial charge in [-0.05, 0) is 12.1 Å². The van der Waals surface area contributed by atoms with Crippen LogP contribution in [0, 0.1) is 0 Å². The van der Waals surface area contributed by atoms with Crippen molar-refractivity contribution in [2.24, 2.45) is 7.05 Å². The number of aryl methyl sites for hydroxylation is 1. The van der Waals surface area contributed by atoms with E-state index in [1.54, 1.807) is 23.1 Å². The third kappa shape index (κ3) is 5.68. The van der Waals surface area contributed by atoms with Gasteiger partial charge in [0.15, 0.2) is 23.9 Å². The number of benzene rings is 1. The fourth-order valence-electron chi connectivity index (χ4n) is 3.05. The molecule has 30 heavy (non-hydrogen) atoms. The molecule has 0 atom stereocenters. The number of amides is 1. The summed E-state index contributed by atoms with van der Waals surface area (Å²) in [5.74, 6) is 0.0154. The fraction of sp³-hybridized carbons (Fsp3) is 0.450. The van der Waals surface area contributed by atoms with Crippen molar-refractivity contribution in [3.05, 3.63) is 46.9 Å². The summed E-state index contributed by atoms with van der Waals surface area (Å²) in [6.45, 7) is 1.26. The normalized spacial score (nSPS) is 15.0. The number of carbonyl (C=O) groups excluding carboxylic acids is 1. The van der Waals surface area contributed by atoms with E-state index < -0.39 is 11.7 Å². The van der Waals surface area contributed by atoms with Gasteiger partial charge in [-0.1, -0.05) is 12.1 Å². The third-order valence-electron chi connectivity index (χ3n) is 4.55. The molecule has 1 saturated heterocycles. The van der Waals surface area contributed by atoms with Crippen LogP contribution in [-0.4, -0.2) is 52.5 Å². The van der Waals surface area contributed by atoms with E-state index >= 15 is 0 Å². The van der Waals surface area contributed by atoms with Gasteiger partial charge >= 0.3 is 11.7 Å². The van der Waals surface area contributed by atoms with Crippen LogP contribution in [-0.2, 0) is 11.8 Å². The minimum atomic E-state index is -3.31. The molecule has 0 spiro atoms. The Morgan fingerprint density at radius 2 is 1.83 bits per heavy atom. The van der Waals surface area contributed by atoms with Crippen molar-refractivity contribution >= 4 is 5.91 Å². The first-order valence-corrected chi connectivity index (χ1v) is 9.48. The Hall–Kier alpha value is -3.17. The lowest BCUT2D eigenvalue weighted by Crippen LogP contribution is -2.44. The molecule has 0 unspecified atom stereocenters. The average Bonchev–Trinajstić information content (AvgIpc) is 2.70. The number of rotatable bonds is 7. The number of carbonyl (C=O) groups is 1. The topological polar surface area (TPSA) is 82.9 Å². The summed E-state index contributed by atoms with van der Waals surface area (Å²) in [4.78, 5) is 25.9. The Bertz CT molecular complexity index is 937. The zero-order valence-electron chi connectivity index (χ0n) is 16.7. The van der Waals surface area contributed by atoms with E-state index in [4.69, 9.17) is 9.47 Å². The number of aromatic nitrogens is 2. The van der Waals surface area contributed by atoms with Gasteiger partial charge in [-0.3, -0.25) is 9.59 Å². The lowest BCUT2D eigenvalue weighted by molar-refractivity contribution is -0.160. The molecule has 1 aliphatic rings. The van der Waals surface area contributed by atoms with E-state index in [-0.39, 0.29) is 35.9 Å². The zero-order valence-corrected chi connectivity index (χ0v) is 16.7. The average molecular weight is 423 g/mol. The van der Waals surface area contributed by atoms with Crippen LogP contribution in [0.15, 0.2) is 41.3 Å². The maximum Gasteiger partial charge on any atom is 0.395 e. The maximum atomic E-state index is 13.2. The van der Waals surface area contributed by atoms with Crippen LogP contribution in [0.5, 0.6) is 17.2 Å². The van der Waals surface area contributed by atoms with E-state index in [0.29, 0.717) is 32.9 Å². The third-order valence-corrected chi connectivity index (χ3v) is 4.55. The number of likely N-dealkylation sites (tertiary alicyclic amines) is 1. The quantitative estimate of drug-likeness (QED) is 0.679. The Morgan fingerprint density at radius 1 is 1.17 bits per heavy atom. The number of piperidine rings is 1. The summed E-state index contributed by atoms with van der Waals surface area (Å²) < 4.78 is 43.3. The van der Waals surface area contributed by atoms with Crippen LogP contribution in [0.1, 0.15) is 19.8 Å². The molecule has 1 fully saturated rings. The Labute approximate surface area is 172 Å². The molecule has 162 valence electrons. The molecule has 0 N–H and O–H groups in total. The molecular formula is C20H23F2N3O5. The molecule has 0 aliphatic carbocycles. The highest BCUT2D eigenvalue weighted by atomic mass is 19.3. The molecule has 2 aromatic rings.